The molecule has 5 heteroatoms. The van der Waals surface area contributed by atoms with Crippen LogP contribution in [0.5, 0.6) is 5.75 Å². The topological polar surface area (TPSA) is 76.4 Å². The fraction of sp³-hybridized carbons (Fsp3) is 0.533. The van der Waals surface area contributed by atoms with Gasteiger partial charge in [-0.05, 0) is 18.1 Å². The summed E-state index contributed by atoms with van der Waals surface area (Å²) in [6.45, 7) is 4.71. The van der Waals surface area contributed by atoms with Crippen molar-refractivity contribution < 1.29 is 9.53 Å². The second kappa shape index (κ2) is 8.43. The van der Waals surface area contributed by atoms with E-state index in [1.807, 2.05) is 18.2 Å². The molecule has 1 unspecified atom stereocenters. The molecule has 0 heterocycles. The molecule has 1 atom stereocenters. The number of ether oxygens (including phenoxy) is 1. The summed E-state index contributed by atoms with van der Waals surface area (Å²) in [6, 6.07) is 6.96. The summed E-state index contributed by atoms with van der Waals surface area (Å²) in [6.07, 6.45) is 2.05. The molecule has 1 rings (SSSR count). The van der Waals surface area contributed by atoms with Crippen molar-refractivity contribution in [3.05, 3.63) is 24.3 Å². The van der Waals surface area contributed by atoms with Gasteiger partial charge in [-0.2, -0.15) is 0 Å². The van der Waals surface area contributed by atoms with Gasteiger partial charge in [0.15, 0.2) is 0 Å². The van der Waals surface area contributed by atoms with Gasteiger partial charge in [0.1, 0.15) is 5.75 Å². The number of nitrogens with two attached hydrogens (primary N) is 1. The van der Waals surface area contributed by atoms with Gasteiger partial charge in [-0.3, -0.25) is 0 Å². The number of carbonyl (C=O) groups excluding carboxylic acids is 1. The maximum absolute atomic E-state index is 11.8. The van der Waals surface area contributed by atoms with Gasteiger partial charge in [0.25, 0.3) is 0 Å². The van der Waals surface area contributed by atoms with E-state index in [1.165, 1.54) is 0 Å². The van der Waals surface area contributed by atoms with Crippen LogP contribution in [0.2, 0.25) is 0 Å². The van der Waals surface area contributed by atoms with Crippen LogP contribution in [-0.4, -0.2) is 25.7 Å². The molecule has 20 heavy (non-hydrogen) atoms. The van der Waals surface area contributed by atoms with Gasteiger partial charge >= 0.3 is 6.03 Å². The first-order valence-electron chi connectivity index (χ1n) is 7.05. The SMILES string of the molecule is CCC(CC)C(N)CNC(=O)Nc1cccc(OC)c1. The third-order valence-electron chi connectivity index (χ3n) is 3.48. The molecule has 0 saturated carbocycles. The number of hydrogen-bond acceptors (Lipinski definition) is 3. The van der Waals surface area contributed by atoms with E-state index in [4.69, 9.17) is 10.5 Å². The lowest BCUT2D eigenvalue weighted by atomic mass is 9.95. The number of methoxy groups -OCH3 is 1. The Balaban J connectivity index is 2.43. The van der Waals surface area contributed by atoms with Crippen LogP contribution in [0.3, 0.4) is 0 Å². The molecule has 0 saturated heterocycles. The molecule has 0 spiro atoms. The van der Waals surface area contributed by atoms with Gasteiger partial charge in [0.2, 0.25) is 0 Å². The summed E-state index contributed by atoms with van der Waals surface area (Å²) in [4.78, 5) is 11.8. The summed E-state index contributed by atoms with van der Waals surface area (Å²) in [5.41, 5.74) is 6.76. The van der Waals surface area contributed by atoms with Crippen LogP contribution in [0.1, 0.15) is 26.7 Å². The monoisotopic (exact) mass is 279 g/mol. The van der Waals surface area contributed by atoms with Crippen LogP contribution < -0.4 is 21.1 Å². The van der Waals surface area contributed by atoms with Crippen LogP contribution in [0.15, 0.2) is 24.3 Å². The highest BCUT2D eigenvalue weighted by Crippen LogP contribution is 2.16. The van der Waals surface area contributed by atoms with Crippen LogP contribution >= 0.6 is 0 Å². The highest BCUT2D eigenvalue weighted by molar-refractivity contribution is 5.89. The Bertz CT molecular complexity index is 419. The maximum Gasteiger partial charge on any atom is 0.319 e. The molecular formula is C15H25N3O2. The minimum Gasteiger partial charge on any atom is -0.497 e. The summed E-state index contributed by atoms with van der Waals surface area (Å²) < 4.78 is 5.10. The average Bonchev–Trinajstić information content (AvgIpc) is 2.46. The Hall–Kier alpha value is -1.75. The number of rotatable bonds is 7. The van der Waals surface area contributed by atoms with Gasteiger partial charge in [0.05, 0.1) is 7.11 Å². The average molecular weight is 279 g/mol. The zero-order valence-electron chi connectivity index (χ0n) is 12.5. The molecule has 0 fully saturated rings. The Morgan fingerprint density at radius 1 is 1.35 bits per heavy atom. The predicted octanol–water partition coefficient (Wildman–Crippen LogP) is 2.58. The number of nitrogens with one attached hydrogen (secondary N) is 2. The predicted molar refractivity (Wildman–Crippen MR) is 82.1 cm³/mol. The first-order valence-corrected chi connectivity index (χ1v) is 7.05. The number of anilines is 1. The number of hydrogen-bond donors (Lipinski definition) is 3. The van der Waals surface area contributed by atoms with Crippen molar-refractivity contribution in [2.75, 3.05) is 19.0 Å². The van der Waals surface area contributed by atoms with Crippen molar-refractivity contribution in [1.82, 2.24) is 5.32 Å². The zero-order chi connectivity index (χ0) is 15.0. The third kappa shape index (κ3) is 5.09. The molecule has 0 aliphatic rings. The van der Waals surface area contributed by atoms with Gasteiger partial charge in [-0.25, -0.2) is 4.79 Å². The molecule has 2 amide bonds. The van der Waals surface area contributed by atoms with Crippen molar-refractivity contribution in [3.8, 4) is 5.75 Å². The van der Waals surface area contributed by atoms with E-state index < -0.39 is 0 Å². The number of carbonyl (C=O) groups is 1. The second-order valence-corrected chi connectivity index (χ2v) is 4.81. The third-order valence-corrected chi connectivity index (χ3v) is 3.48. The van der Waals surface area contributed by atoms with Crippen LogP contribution in [0.4, 0.5) is 10.5 Å². The minimum absolute atomic E-state index is 0.0129. The summed E-state index contributed by atoms with van der Waals surface area (Å²) in [5, 5.41) is 5.56. The Labute approximate surface area is 120 Å². The largest absolute Gasteiger partial charge is 0.497 e. The van der Waals surface area contributed by atoms with Crippen LogP contribution in [-0.2, 0) is 0 Å². The maximum atomic E-state index is 11.8. The molecule has 0 bridgehead atoms. The summed E-state index contributed by atoms with van der Waals surface area (Å²) >= 11 is 0. The van der Waals surface area contributed by atoms with Gasteiger partial charge in [-0.1, -0.05) is 32.8 Å². The molecule has 112 valence electrons. The molecular weight excluding hydrogens is 254 g/mol. The quantitative estimate of drug-likeness (QED) is 0.718. The highest BCUT2D eigenvalue weighted by atomic mass is 16.5. The number of urea groups is 1. The van der Waals surface area contributed by atoms with E-state index in [2.05, 4.69) is 24.5 Å². The fourth-order valence-electron chi connectivity index (χ4n) is 2.15. The smallest absolute Gasteiger partial charge is 0.319 e. The first-order chi connectivity index (χ1) is 9.60. The first kappa shape index (κ1) is 16.3. The molecule has 5 nitrogen and oxygen atoms in total. The molecule has 0 aliphatic heterocycles. The zero-order valence-corrected chi connectivity index (χ0v) is 12.5. The van der Waals surface area contributed by atoms with Gasteiger partial charge < -0.3 is 21.1 Å². The lowest BCUT2D eigenvalue weighted by Gasteiger charge is -2.21. The van der Waals surface area contributed by atoms with Crippen molar-refractivity contribution in [1.29, 1.82) is 0 Å². The molecule has 4 N–H and O–H groups in total. The van der Waals surface area contributed by atoms with E-state index in [0.717, 1.165) is 12.8 Å². The lowest BCUT2D eigenvalue weighted by molar-refractivity contribution is 0.249. The minimum atomic E-state index is -0.250. The lowest BCUT2D eigenvalue weighted by Crippen LogP contribution is -2.43. The van der Waals surface area contributed by atoms with Gasteiger partial charge in [-0.15, -0.1) is 0 Å². The van der Waals surface area contributed by atoms with Gasteiger partial charge in [0, 0.05) is 24.3 Å². The Morgan fingerprint density at radius 2 is 2.05 bits per heavy atom. The van der Waals surface area contributed by atoms with E-state index in [-0.39, 0.29) is 12.1 Å². The number of amides is 2. The summed E-state index contributed by atoms with van der Waals surface area (Å²) in [5.74, 6) is 1.14. The Morgan fingerprint density at radius 3 is 2.65 bits per heavy atom. The van der Waals surface area contributed by atoms with Crippen LogP contribution in [0.25, 0.3) is 0 Å². The Kier molecular flexibility index (Phi) is 6.87. The molecule has 0 aliphatic carbocycles. The number of benzene rings is 1. The molecule has 1 aromatic carbocycles. The molecule has 0 radical (unpaired) electrons. The molecule has 1 aromatic rings. The van der Waals surface area contributed by atoms with E-state index in [9.17, 15) is 4.79 Å². The van der Waals surface area contributed by atoms with Crippen molar-refractivity contribution in [2.45, 2.75) is 32.7 Å². The standard InChI is InChI=1S/C15H25N3O2/c1-4-11(5-2)14(16)10-17-15(19)18-12-7-6-8-13(9-12)20-3/h6-9,11,14H,4-5,10,16H2,1-3H3,(H2,17,18,19). The second-order valence-electron chi connectivity index (χ2n) is 4.81. The van der Waals surface area contributed by atoms with Crippen molar-refractivity contribution in [2.24, 2.45) is 11.7 Å². The van der Waals surface area contributed by atoms with E-state index in [0.29, 0.717) is 23.9 Å². The normalized spacial score (nSPS) is 12.1. The highest BCUT2D eigenvalue weighted by Gasteiger charge is 2.14. The van der Waals surface area contributed by atoms with E-state index >= 15 is 0 Å². The van der Waals surface area contributed by atoms with Crippen molar-refractivity contribution in [3.63, 3.8) is 0 Å². The van der Waals surface area contributed by atoms with E-state index in [1.54, 1.807) is 13.2 Å². The summed E-state index contributed by atoms with van der Waals surface area (Å²) in [7, 11) is 1.59. The van der Waals surface area contributed by atoms with Crippen LogP contribution in [0, 0.1) is 5.92 Å². The van der Waals surface area contributed by atoms with Crippen molar-refractivity contribution >= 4 is 11.7 Å². The fourth-order valence-corrected chi connectivity index (χ4v) is 2.15. The molecule has 0 aromatic heterocycles.